The van der Waals surface area contributed by atoms with Crippen LogP contribution >= 0.6 is 0 Å². The molecule has 1 saturated heterocycles. The molecule has 0 N–H and O–H groups in total. The SMILES string of the molecule is CC#CC(=O)N1CCN(c2ccccc2OCC)CC1. The summed E-state index contributed by atoms with van der Waals surface area (Å²) in [6.07, 6.45) is 0. The van der Waals surface area contributed by atoms with E-state index in [1.807, 2.05) is 25.1 Å². The van der Waals surface area contributed by atoms with E-state index in [2.05, 4.69) is 22.8 Å². The van der Waals surface area contributed by atoms with E-state index in [9.17, 15) is 4.79 Å². The minimum absolute atomic E-state index is 0.0785. The van der Waals surface area contributed by atoms with E-state index in [4.69, 9.17) is 4.74 Å². The number of carbonyl (C=O) groups is 1. The molecule has 0 saturated carbocycles. The Morgan fingerprint density at radius 3 is 2.60 bits per heavy atom. The van der Waals surface area contributed by atoms with Gasteiger partial charge < -0.3 is 14.5 Å². The van der Waals surface area contributed by atoms with Crippen LogP contribution < -0.4 is 9.64 Å². The number of para-hydroxylation sites is 2. The number of carbonyl (C=O) groups excluding carboxylic acids is 1. The Bertz CT molecular complexity index is 523. The smallest absolute Gasteiger partial charge is 0.298 e. The summed E-state index contributed by atoms with van der Waals surface area (Å²) in [6, 6.07) is 8.04. The summed E-state index contributed by atoms with van der Waals surface area (Å²) in [5.41, 5.74) is 1.10. The van der Waals surface area contributed by atoms with Crippen LogP contribution in [0, 0.1) is 11.8 Å². The van der Waals surface area contributed by atoms with Crippen molar-refractivity contribution in [3.63, 3.8) is 0 Å². The molecule has 1 heterocycles. The van der Waals surface area contributed by atoms with Crippen molar-refractivity contribution in [2.45, 2.75) is 13.8 Å². The average molecular weight is 272 g/mol. The Labute approximate surface area is 120 Å². The molecule has 106 valence electrons. The third kappa shape index (κ3) is 3.24. The maximum absolute atomic E-state index is 11.7. The lowest BCUT2D eigenvalue weighted by atomic mass is 10.2. The topological polar surface area (TPSA) is 32.8 Å². The Hall–Kier alpha value is -2.15. The van der Waals surface area contributed by atoms with Crippen LogP contribution in [0.25, 0.3) is 0 Å². The molecule has 0 unspecified atom stereocenters. The number of hydrogen-bond donors (Lipinski definition) is 0. The Kier molecular flexibility index (Phi) is 4.89. The molecule has 4 nitrogen and oxygen atoms in total. The van der Waals surface area contributed by atoms with Crippen LogP contribution in [0.5, 0.6) is 5.75 Å². The summed E-state index contributed by atoms with van der Waals surface area (Å²) in [4.78, 5) is 15.8. The third-order valence-electron chi connectivity index (χ3n) is 3.30. The fourth-order valence-electron chi connectivity index (χ4n) is 2.33. The molecule has 0 bridgehead atoms. The summed E-state index contributed by atoms with van der Waals surface area (Å²) in [7, 11) is 0. The van der Waals surface area contributed by atoms with E-state index < -0.39 is 0 Å². The zero-order chi connectivity index (χ0) is 14.4. The maximum atomic E-state index is 11.7. The summed E-state index contributed by atoms with van der Waals surface area (Å²) < 4.78 is 5.66. The molecule has 0 radical (unpaired) electrons. The third-order valence-corrected chi connectivity index (χ3v) is 3.30. The first kappa shape index (κ1) is 14.3. The molecule has 0 spiro atoms. The van der Waals surface area contributed by atoms with Crippen LogP contribution in [0.1, 0.15) is 13.8 Å². The van der Waals surface area contributed by atoms with Gasteiger partial charge in [-0.2, -0.15) is 0 Å². The minimum atomic E-state index is -0.0785. The first-order valence-corrected chi connectivity index (χ1v) is 6.94. The maximum Gasteiger partial charge on any atom is 0.298 e. The number of nitrogens with zero attached hydrogens (tertiary/aromatic N) is 2. The standard InChI is InChI=1S/C16H20N2O2/c1-3-7-16(19)18-12-10-17(11-13-18)14-8-5-6-9-15(14)20-4-2/h5-6,8-9H,4,10-13H2,1-2H3. The van der Waals surface area contributed by atoms with Gasteiger partial charge in [0.1, 0.15) is 5.75 Å². The molecule has 0 aromatic heterocycles. The fourth-order valence-corrected chi connectivity index (χ4v) is 2.33. The van der Waals surface area contributed by atoms with E-state index >= 15 is 0 Å². The highest BCUT2D eigenvalue weighted by Crippen LogP contribution is 2.28. The average Bonchev–Trinajstić information content (AvgIpc) is 2.49. The number of benzene rings is 1. The summed E-state index contributed by atoms with van der Waals surface area (Å²) in [5.74, 6) is 6.08. The zero-order valence-corrected chi connectivity index (χ0v) is 12.1. The van der Waals surface area contributed by atoms with Gasteiger partial charge in [-0.15, -0.1) is 0 Å². The van der Waals surface area contributed by atoms with Crippen molar-refractivity contribution in [3.8, 4) is 17.6 Å². The van der Waals surface area contributed by atoms with Gasteiger partial charge in [-0.3, -0.25) is 4.79 Å². The normalized spacial score (nSPS) is 14.5. The van der Waals surface area contributed by atoms with Crippen molar-refractivity contribution in [1.82, 2.24) is 4.90 Å². The highest BCUT2D eigenvalue weighted by atomic mass is 16.5. The molecule has 20 heavy (non-hydrogen) atoms. The summed E-state index contributed by atoms with van der Waals surface area (Å²) >= 11 is 0. The van der Waals surface area contributed by atoms with Crippen LogP contribution in [0.15, 0.2) is 24.3 Å². The van der Waals surface area contributed by atoms with Crippen molar-refractivity contribution in [2.75, 3.05) is 37.7 Å². The van der Waals surface area contributed by atoms with Gasteiger partial charge in [0.25, 0.3) is 5.91 Å². The van der Waals surface area contributed by atoms with E-state index in [1.54, 1.807) is 11.8 Å². The predicted molar refractivity (Wildman–Crippen MR) is 79.9 cm³/mol. The van der Waals surface area contributed by atoms with E-state index in [0.717, 1.165) is 24.5 Å². The quantitative estimate of drug-likeness (QED) is 0.786. The molecule has 1 aromatic rings. The minimum Gasteiger partial charge on any atom is -0.492 e. The van der Waals surface area contributed by atoms with Crippen LogP contribution in [-0.4, -0.2) is 43.6 Å². The number of hydrogen-bond acceptors (Lipinski definition) is 3. The van der Waals surface area contributed by atoms with Crippen molar-refractivity contribution in [3.05, 3.63) is 24.3 Å². The number of rotatable bonds is 3. The van der Waals surface area contributed by atoms with Crippen molar-refractivity contribution < 1.29 is 9.53 Å². The second kappa shape index (κ2) is 6.85. The van der Waals surface area contributed by atoms with Gasteiger partial charge in [-0.25, -0.2) is 0 Å². The monoisotopic (exact) mass is 272 g/mol. The Morgan fingerprint density at radius 1 is 1.25 bits per heavy atom. The van der Waals surface area contributed by atoms with Crippen molar-refractivity contribution in [1.29, 1.82) is 0 Å². The molecule has 1 aromatic carbocycles. The van der Waals surface area contributed by atoms with Crippen LogP contribution in [0.4, 0.5) is 5.69 Å². The Morgan fingerprint density at radius 2 is 1.95 bits per heavy atom. The number of anilines is 1. The molecule has 1 aliphatic heterocycles. The second-order valence-electron chi connectivity index (χ2n) is 4.55. The lowest BCUT2D eigenvalue weighted by molar-refractivity contribution is -0.125. The summed E-state index contributed by atoms with van der Waals surface area (Å²) in [6.45, 7) is 7.34. The fraction of sp³-hybridized carbons (Fsp3) is 0.438. The van der Waals surface area contributed by atoms with Gasteiger partial charge in [-0.05, 0) is 31.9 Å². The molecule has 2 rings (SSSR count). The lowest BCUT2D eigenvalue weighted by Crippen LogP contribution is -2.48. The molecule has 1 fully saturated rings. The largest absolute Gasteiger partial charge is 0.492 e. The van der Waals surface area contributed by atoms with Gasteiger partial charge in [0, 0.05) is 26.2 Å². The molecule has 4 heteroatoms. The highest BCUT2D eigenvalue weighted by Gasteiger charge is 2.21. The van der Waals surface area contributed by atoms with Crippen LogP contribution in [-0.2, 0) is 4.79 Å². The first-order valence-electron chi connectivity index (χ1n) is 6.94. The molecule has 0 atom stereocenters. The Balaban J connectivity index is 2.03. The van der Waals surface area contributed by atoms with Gasteiger partial charge in [-0.1, -0.05) is 18.1 Å². The molecule has 1 aliphatic rings. The lowest BCUT2D eigenvalue weighted by Gasteiger charge is -2.35. The van der Waals surface area contributed by atoms with E-state index in [0.29, 0.717) is 19.7 Å². The van der Waals surface area contributed by atoms with Crippen LogP contribution in [0.2, 0.25) is 0 Å². The molecular formula is C16H20N2O2. The molecular weight excluding hydrogens is 252 g/mol. The number of piperazine rings is 1. The van der Waals surface area contributed by atoms with Gasteiger partial charge >= 0.3 is 0 Å². The van der Waals surface area contributed by atoms with Gasteiger partial charge in [0.15, 0.2) is 0 Å². The second-order valence-corrected chi connectivity index (χ2v) is 4.55. The zero-order valence-electron chi connectivity index (χ0n) is 12.1. The highest BCUT2D eigenvalue weighted by molar-refractivity contribution is 5.93. The van der Waals surface area contributed by atoms with Gasteiger partial charge in [0.05, 0.1) is 12.3 Å². The number of ether oxygens (including phenoxy) is 1. The molecule has 1 amide bonds. The number of amides is 1. The predicted octanol–water partition coefficient (Wildman–Crippen LogP) is 1.76. The van der Waals surface area contributed by atoms with E-state index in [1.165, 1.54) is 0 Å². The van der Waals surface area contributed by atoms with E-state index in [-0.39, 0.29) is 5.91 Å². The first-order chi connectivity index (χ1) is 9.76. The van der Waals surface area contributed by atoms with Crippen LogP contribution in [0.3, 0.4) is 0 Å². The van der Waals surface area contributed by atoms with Gasteiger partial charge in [0.2, 0.25) is 0 Å². The van der Waals surface area contributed by atoms with Crippen molar-refractivity contribution in [2.24, 2.45) is 0 Å². The van der Waals surface area contributed by atoms with Crippen molar-refractivity contribution >= 4 is 11.6 Å². The molecule has 0 aliphatic carbocycles. The summed E-state index contributed by atoms with van der Waals surface area (Å²) in [5, 5.41) is 0.